The normalized spacial score (nSPS) is 10.3. The molecule has 132 valence electrons. The van der Waals surface area contributed by atoms with Crippen LogP contribution in [0.25, 0.3) is 5.69 Å². The van der Waals surface area contributed by atoms with Gasteiger partial charge in [0.15, 0.2) is 0 Å². The Balaban J connectivity index is 1.64. The molecule has 0 aliphatic heterocycles. The lowest BCUT2D eigenvalue weighted by atomic mass is 10.2. The van der Waals surface area contributed by atoms with Gasteiger partial charge in [-0.3, -0.25) is 4.79 Å². The fraction of sp³-hybridized carbons (Fsp3) is 0.143. The van der Waals surface area contributed by atoms with Crippen molar-refractivity contribution in [3.63, 3.8) is 0 Å². The lowest BCUT2D eigenvalue weighted by Crippen LogP contribution is -2.25. The van der Waals surface area contributed by atoms with Crippen molar-refractivity contribution < 1.29 is 9.53 Å². The Kier molecular flexibility index (Phi) is 5.49. The van der Waals surface area contributed by atoms with Gasteiger partial charge in [-0.15, -0.1) is 0 Å². The fourth-order valence-corrected chi connectivity index (χ4v) is 2.58. The van der Waals surface area contributed by atoms with Crippen molar-refractivity contribution in [1.29, 1.82) is 0 Å². The zero-order valence-electron chi connectivity index (χ0n) is 14.7. The molecule has 3 aromatic rings. The third-order valence-corrected chi connectivity index (χ3v) is 3.89. The molecule has 0 aliphatic carbocycles. The summed E-state index contributed by atoms with van der Waals surface area (Å²) in [6, 6.07) is 17.0. The van der Waals surface area contributed by atoms with Gasteiger partial charge in [-0.05, 0) is 36.4 Å². The van der Waals surface area contributed by atoms with E-state index in [1.807, 2.05) is 36.5 Å². The number of para-hydroxylation sites is 1. The summed E-state index contributed by atoms with van der Waals surface area (Å²) in [5.74, 6) is 0.668. The molecule has 1 heterocycles. The average Bonchev–Trinajstić information content (AvgIpc) is 3.15. The Morgan fingerprint density at radius 2 is 1.92 bits per heavy atom. The van der Waals surface area contributed by atoms with Crippen LogP contribution in [0.4, 0.5) is 0 Å². The quantitative estimate of drug-likeness (QED) is 0.612. The average molecular weight is 347 g/mol. The number of amides is 1. The van der Waals surface area contributed by atoms with E-state index in [0.717, 1.165) is 11.3 Å². The van der Waals surface area contributed by atoms with Crippen LogP contribution in [0.1, 0.15) is 15.9 Å². The van der Waals surface area contributed by atoms with E-state index in [1.165, 1.54) is 0 Å². The van der Waals surface area contributed by atoms with Crippen LogP contribution in [0.3, 0.4) is 0 Å². The molecule has 0 bridgehead atoms. The smallest absolute Gasteiger partial charge is 0.253 e. The van der Waals surface area contributed by atoms with Crippen LogP contribution < -0.4 is 4.74 Å². The van der Waals surface area contributed by atoms with Crippen LogP contribution in [-0.2, 0) is 6.54 Å². The second-order valence-corrected chi connectivity index (χ2v) is 5.91. The topological polar surface area (TPSA) is 47.4 Å². The van der Waals surface area contributed by atoms with Crippen molar-refractivity contribution >= 4 is 5.91 Å². The third-order valence-electron chi connectivity index (χ3n) is 3.89. The van der Waals surface area contributed by atoms with Crippen molar-refractivity contribution in [1.82, 2.24) is 14.7 Å². The Morgan fingerprint density at radius 3 is 2.62 bits per heavy atom. The van der Waals surface area contributed by atoms with Crippen molar-refractivity contribution in [2.45, 2.75) is 6.54 Å². The lowest BCUT2D eigenvalue weighted by Gasteiger charge is -2.16. The maximum absolute atomic E-state index is 12.6. The van der Waals surface area contributed by atoms with Crippen LogP contribution in [0, 0.1) is 0 Å². The van der Waals surface area contributed by atoms with E-state index in [9.17, 15) is 4.79 Å². The molecule has 0 unspecified atom stereocenters. The molecule has 0 N–H and O–H groups in total. The van der Waals surface area contributed by atoms with Crippen LogP contribution in [0.5, 0.6) is 5.75 Å². The SMILES string of the molecule is C=CCOc1ccc(C(=O)N(C)Cc2cnn(-c3ccccc3)c2)cc1. The minimum atomic E-state index is -0.0484. The summed E-state index contributed by atoms with van der Waals surface area (Å²) in [4.78, 5) is 14.3. The third kappa shape index (κ3) is 4.19. The first-order chi connectivity index (χ1) is 12.7. The summed E-state index contributed by atoms with van der Waals surface area (Å²) in [6.07, 6.45) is 5.40. The Labute approximate surface area is 153 Å². The van der Waals surface area contributed by atoms with Crippen molar-refractivity contribution in [3.05, 3.63) is 90.8 Å². The predicted molar refractivity (Wildman–Crippen MR) is 101 cm³/mol. The highest BCUT2D eigenvalue weighted by Gasteiger charge is 2.13. The lowest BCUT2D eigenvalue weighted by molar-refractivity contribution is 0.0785. The molecular weight excluding hydrogens is 326 g/mol. The number of carbonyl (C=O) groups excluding carboxylic acids is 1. The van der Waals surface area contributed by atoms with Crippen LogP contribution in [-0.4, -0.2) is 34.2 Å². The first-order valence-electron chi connectivity index (χ1n) is 8.35. The van der Waals surface area contributed by atoms with E-state index < -0.39 is 0 Å². The minimum absolute atomic E-state index is 0.0484. The van der Waals surface area contributed by atoms with Gasteiger partial charge in [0.25, 0.3) is 5.91 Å². The standard InChI is InChI=1S/C21H21N3O2/c1-3-13-26-20-11-9-18(10-12-20)21(25)23(2)15-17-14-22-24(16-17)19-7-5-4-6-8-19/h3-12,14,16H,1,13,15H2,2H3. The summed E-state index contributed by atoms with van der Waals surface area (Å²) >= 11 is 0. The summed E-state index contributed by atoms with van der Waals surface area (Å²) in [6.45, 7) is 4.54. The summed E-state index contributed by atoms with van der Waals surface area (Å²) < 4.78 is 7.24. The summed E-state index contributed by atoms with van der Waals surface area (Å²) in [7, 11) is 1.78. The molecule has 5 nitrogen and oxygen atoms in total. The van der Waals surface area contributed by atoms with Gasteiger partial charge < -0.3 is 9.64 Å². The zero-order valence-corrected chi connectivity index (χ0v) is 14.7. The number of carbonyl (C=O) groups is 1. The molecule has 0 saturated heterocycles. The van der Waals surface area contributed by atoms with E-state index in [0.29, 0.717) is 24.5 Å². The van der Waals surface area contributed by atoms with Crippen molar-refractivity contribution in [2.24, 2.45) is 0 Å². The highest BCUT2D eigenvalue weighted by molar-refractivity contribution is 5.94. The second-order valence-electron chi connectivity index (χ2n) is 5.91. The van der Waals surface area contributed by atoms with Crippen LogP contribution in [0.15, 0.2) is 79.6 Å². The molecule has 0 radical (unpaired) electrons. The number of hydrogen-bond acceptors (Lipinski definition) is 3. The maximum Gasteiger partial charge on any atom is 0.253 e. The monoisotopic (exact) mass is 347 g/mol. The van der Waals surface area contributed by atoms with E-state index in [-0.39, 0.29) is 5.91 Å². The van der Waals surface area contributed by atoms with Gasteiger partial charge in [0.2, 0.25) is 0 Å². The number of nitrogens with zero attached hydrogens (tertiary/aromatic N) is 3. The molecule has 0 spiro atoms. The Hall–Kier alpha value is -3.34. The van der Waals surface area contributed by atoms with Crippen LogP contribution in [0.2, 0.25) is 0 Å². The molecule has 26 heavy (non-hydrogen) atoms. The molecule has 1 aromatic heterocycles. The van der Waals surface area contributed by atoms with Crippen molar-refractivity contribution in [3.8, 4) is 11.4 Å². The molecule has 3 rings (SSSR count). The fourth-order valence-electron chi connectivity index (χ4n) is 2.58. The van der Waals surface area contributed by atoms with Gasteiger partial charge in [0.05, 0.1) is 11.9 Å². The van der Waals surface area contributed by atoms with Gasteiger partial charge in [-0.2, -0.15) is 5.10 Å². The molecule has 0 atom stereocenters. The van der Waals surface area contributed by atoms with Gasteiger partial charge in [-0.1, -0.05) is 30.9 Å². The Morgan fingerprint density at radius 1 is 1.19 bits per heavy atom. The largest absolute Gasteiger partial charge is 0.490 e. The molecule has 0 aliphatic rings. The van der Waals surface area contributed by atoms with E-state index in [1.54, 1.807) is 53.2 Å². The van der Waals surface area contributed by atoms with E-state index in [4.69, 9.17) is 4.74 Å². The molecule has 5 heteroatoms. The van der Waals surface area contributed by atoms with Gasteiger partial charge in [0, 0.05) is 30.9 Å². The first-order valence-corrected chi connectivity index (χ1v) is 8.35. The van der Waals surface area contributed by atoms with Gasteiger partial charge >= 0.3 is 0 Å². The number of benzene rings is 2. The number of ether oxygens (including phenoxy) is 1. The van der Waals surface area contributed by atoms with Crippen LogP contribution >= 0.6 is 0 Å². The van der Waals surface area contributed by atoms with E-state index in [2.05, 4.69) is 11.7 Å². The second kappa shape index (κ2) is 8.16. The number of hydrogen-bond donors (Lipinski definition) is 0. The summed E-state index contributed by atoms with van der Waals surface area (Å²) in [5.41, 5.74) is 2.58. The highest BCUT2D eigenvalue weighted by Crippen LogP contribution is 2.15. The molecule has 2 aromatic carbocycles. The Bertz CT molecular complexity index is 870. The summed E-state index contributed by atoms with van der Waals surface area (Å²) in [5, 5.41) is 4.37. The maximum atomic E-state index is 12.6. The molecule has 1 amide bonds. The van der Waals surface area contributed by atoms with Gasteiger partial charge in [-0.25, -0.2) is 4.68 Å². The van der Waals surface area contributed by atoms with Crippen molar-refractivity contribution in [2.75, 3.05) is 13.7 Å². The van der Waals surface area contributed by atoms with Gasteiger partial charge in [0.1, 0.15) is 12.4 Å². The zero-order chi connectivity index (χ0) is 18.4. The molecular formula is C21H21N3O2. The first kappa shape index (κ1) is 17.5. The van der Waals surface area contributed by atoms with E-state index >= 15 is 0 Å². The molecule has 0 saturated carbocycles. The minimum Gasteiger partial charge on any atom is -0.490 e. The number of rotatable bonds is 7. The highest BCUT2D eigenvalue weighted by atomic mass is 16.5. The predicted octanol–water partition coefficient (Wildman–Crippen LogP) is 3.71. The number of aromatic nitrogens is 2. The molecule has 0 fully saturated rings.